The van der Waals surface area contributed by atoms with Crippen LogP contribution in [-0.2, 0) is 19.1 Å². The maximum absolute atomic E-state index is 10.8. The number of esters is 2. The number of aliphatic hydroxyl groups is 1. The minimum absolute atomic E-state index is 0.0217. The Labute approximate surface area is 88.0 Å². The van der Waals surface area contributed by atoms with Gasteiger partial charge in [0, 0.05) is 25.5 Å². The molecule has 0 saturated carbocycles. The Hall–Kier alpha value is -1.62. The number of rotatable bonds is 6. The second-order valence-electron chi connectivity index (χ2n) is 2.92. The monoisotopic (exact) mass is 214 g/mol. The molecule has 0 aliphatic heterocycles. The molecule has 0 amide bonds. The third-order valence-corrected chi connectivity index (χ3v) is 1.46. The maximum Gasteiger partial charge on any atom is 0.332 e. The molecular formula is C10H14O5. The zero-order chi connectivity index (χ0) is 11.9. The first kappa shape index (κ1) is 13.4. The number of hydrogen-bond acceptors (Lipinski definition) is 5. The van der Waals surface area contributed by atoms with Crippen molar-refractivity contribution in [3.8, 4) is 0 Å². The Morgan fingerprint density at radius 2 is 1.87 bits per heavy atom. The molecule has 0 saturated heterocycles. The number of hydrogen-bond donors (Lipinski definition) is 1. The highest BCUT2D eigenvalue weighted by atomic mass is 16.7. The summed E-state index contributed by atoms with van der Waals surface area (Å²) < 4.78 is 9.19. The van der Waals surface area contributed by atoms with Crippen molar-refractivity contribution < 1.29 is 24.2 Å². The van der Waals surface area contributed by atoms with Crippen LogP contribution in [0.3, 0.4) is 0 Å². The van der Waals surface area contributed by atoms with E-state index in [-0.39, 0.29) is 13.0 Å². The Bertz CT molecular complexity index is 267. The van der Waals surface area contributed by atoms with Crippen LogP contribution in [0.1, 0.15) is 13.3 Å². The maximum atomic E-state index is 10.8. The zero-order valence-electron chi connectivity index (χ0n) is 8.56. The molecule has 0 fully saturated rings. The lowest BCUT2D eigenvalue weighted by molar-refractivity contribution is -0.202. The van der Waals surface area contributed by atoms with E-state index < -0.39 is 17.7 Å². The summed E-state index contributed by atoms with van der Waals surface area (Å²) in [5.41, 5.74) is 0. The number of ether oxygens (including phenoxy) is 2. The van der Waals surface area contributed by atoms with Gasteiger partial charge in [0.05, 0.1) is 6.61 Å². The van der Waals surface area contributed by atoms with Crippen molar-refractivity contribution in [1.29, 1.82) is 0 Å². The molecule has 0 radical (unpaired) electrons. The van der Waals surface area contributed by atoms with Gasteiger partial charge in [-0.1, -0.05) is 13.2 Å². The summed E-state index contributed by atoms with van der Waals surface area (Å²) in [6.07, 6.45) is 1.92. The Kier molecular flexibility index (Phi) is 5.33. The van der Waals surface area contributed by atoms with E-state index in [9.17, 15) is 14.7 Å². The predicted octanol–water partition coefficient (Wildman–Crippen LogP) is 0.543. The molecule has 84 valence electrons. The lowest BCUT2D eigenvalue weighted by Crippen LogP contribution is -2.32. The van der Waals surface area contributed by atoms with Gasteiger partial charge >= 0.3 is 11.9 Å². The summed E-state index contributed by atoms with van der Waals surface area (Å²) in [6, 6.07) is 0. The Morgan fingerprint density at radius 1 is 1.33 bits per heavy atom. The molecule has 0 spiro atoms. The average Bonchev–Trinajstić information content (AvgIpc) is 2.16. The standard InChI is InChI=1S/C10H14O5/c1-4-8(11)14-7-6-10(3,13)15-9(12)5-2/h4-5,13H,1-2,6-7H2,3H3. The van der Waals surface area contributed by atoms with E-state index >= 15 is 0 Å². The van der Waals surface area contributed by atoms with Crippen molar-refractivity contribution >= 4 is 11.9 Å². The fourth-order valence-electron chi connectivity index (χ4n) is 0.709. The van der Waals surface area contributed by atoms with Crippen molar-refractivity contribution in [3.05, 3.63) is 25.3 Å². The predicted molar refractivity (Wildman–Crippen MR) is 52.7 cm³/mol. The van der Waals surface area contributed by atoms with Crippen molar-refractivity contribution in [2.75, 3.05) is 6.61 Å². The average molecular weight is 214 g/mol. The van der Waals surface area contributed by atoms with E-state index in [0.29, 0.717) is 0 Å². The van der Waals surface area contributed by atoms with Crippen LogP contribution >= 0.6 is 0 Å². The molecule has 1 atom stereocenters. The smallest absolute Gasteiger partial charge is 0.332 e. The molecule has 1 unspecified atom stereocenters. The van der Waals surface area contributed by atoms with E-state index in [1.165, 1.54) is 6.92 Å². The molecule has 5 heteroatoms. The van der Waals surface area contributed by atoms with Crippen LogP contribution in [0.2, 0.25) is 0 Å². The molecule has 0 aromatic heterocycles. The Balaban J connectivity index is 3.93. The third-order valence-electron chi connectivity index (χ3n) is 1.46. The van der Waals surface area contributed by atoms with Crippen LogP contribution in [-0.4, -0.2) is 29.4 Å². The van der Waals surface area contributed by atoms with Crippen LogP contribution in [0, 0.1) is 0 Å². The highest BCUT2D eigenvalue weighted by molar-refractivity contribution is 5.81. The summed E-state index contributed by atoms with van der Waals surface area (Å²) >= 11 is 0. The molecule has 0 bridgehead atoms. The number of carbonyl (C=O) groups is 2. The molecule has 0 heterocycles. The van der Waals surface area contributed by atoms with Gasteiger partial charge in [-0.3, -0.25) is 0 Å². The van der Waals surface area contributed by atoms with Crippen molar-refractivity contribution in [3.63, 3.8) is 0 Å². The van der Waals surface area contributed by atoms with Crippen molar-refractivity contribution in [2.24, 2.45) is 0 Å². The van der Waals surface area contributed by atoms with Crippen LogP contribution in [0.4, 0.5) is 0 Å². The SMILES string of the molecule is C=CC(=O)OCCC(C)(O)OC(=O)C=C. The molecule has 5 nitrogen and oxygen atoms in total. The molecule has 0 aliphatic rings. The van der Waals surface area contributed by atoms with Gasteiger partial charge in [0.25, 0.3) is 0 Å². The summed E-state index contributed by atoms with van der Waals surface area (Å²) in [6.45, 7) is 7.60. The van der Waals surface area contributed by atoms with Crippen LogP contribution in [0.15, 0.2) is 25.3 Å². The second-order valence-corrected chi connectivity index (χ2v) is 2.92. The summed E-state index contributed by atoms with van der Waals surface area (Å²) in [5, 5.41) is 9.49. The molecule has 0 aromatic rings. The summed E-state index contributed by atoms with van der Waals surface area (Å²) in [7, 11) is 0. The van der Waals surface area contributed by atoms with Crippen LogP contribution in [0.5, 0.6) is 0 Å². The van der Waals surface area contributed by atoms with E-state index in [4.69, 9.17) is 0 Å². The van der Waals surface area contributed by atoms with Gasteiger partial charge in [-0.15, -0.1) is 0 Å². The highest BCUT2D eigenvalue weighted by Crippen LogP contribution is 2.11. The summed E-state index contributed by atoms with van der Waals surface area (Å²) in [4.78, 5) is 21.4. The zero-order valence-corrected chi connectivity index (χ0v) is 8.56. The minimum Gasteiger partial charge on any atom is -0.462 e. The lowest BCUT2D eigenvalue weighted by Gasteiger charge is -2.22. The first-order chi connectivity index (χ1) is 6.91. The second kappa shape index (κ2) is 5.98. The minimum atomic E-state index is -1.67. The molecule has 0 aliphatic carbocycles. The topological polar surface area (TPSA) is 72.8 Å². The van der Waals surface area contributed by atoms with Crippen LogP contribution < -0.4 is 0 Å². The van der Waals surface area contributed by atoms with E-state index in [2.05, 4.69) is 22.6 Å². The molecule has 0 aromatic carbocycles. The third kappa shape index (κ3) is 6.45. The van der Waals surface area contributed by atoms with Crippen molar-refractivity contribution in [1.82, 2.24) is 0 Å². The first-order valence-corrected chi connectivity index (χ1v) is 4.28. The first-order valence-electron chi connectivity index (χ1n) is 4.28. The van der Waals surface area contributed by atoms with E-state index in [0.717, 1.165) is 12.2 Å². The lowest BCUT2D eigenvalue weighted by atomic mass is 10.2. The largest absolute Gasteiger partial charge is 0.462 e. The molecule has 15 heavy (non-hydrogen) atoms. The van der Waals surface area contributed by atoms with Gasteiger partial charge in [-0.2, -0.15) is 0 Å². The molecule has 0 rings (SSSR count). The number of carbonyl (C=O) groups excluding carboxylic acids is 2. The van der Waals surface area contributed by atoms with E-state index in [1.54, 1.807) is 0 Å². The molecule has 1 N–H and O–H groups in total. The fourth-order valence-corrected chi connectivity index (χ4v) is 0.709. The van der Waals surface area contributed by atoms with Crippen molar-refractivity contribution in [2.45, 2.75) is 19.1 Å². The Morgan fingerprint density at radius 3 is 2.33 bits per heavy atom. The van der Waals surface area contributed by atoms with Crippen LogP contribution in [0.25, 0.3) is 0 Å². The van der Waals surface area contributed by atoms with Gasteiger partial charge in [-0.25, -0.2) is 9.59 Å². The quantitative estimate of drug-likeness (QED) is 0.397. The molecular weight excluding hydrogens is 200 g/mol. The van der Waals surface area contributed by atoms with Gasteiger partial charge in [0.1, 0.15) is 0 Å². The normalized spacial score (nSPS) is 13.5. The fraction of sp³-hybridized carbons (Fsp3) is 0.400. The van der Waals surface area contributed by atoms with E-state index in [1.807, 2.05) is 0 Å². The van der Waals surface area contributed by atoms with Gasteiger partial charge in [-0.05, 0) is 0 Å². The van der Waals surface area contributed by atoms with Gasteiger partial charge in [0.15, 0.2) is 0 Å². The van der Waals surface area contributed by atoms with Gasteiger partial charge < -0.3 is 14.6 Å². The highest BCUT2D eigenvalue weighted by Gasteiger charge is 2.24. The summed E-state index contributed by atoms with van der Waals surface area (Å²) in [5.74, 6) is -3.01. The van der Waals surface area contributed by atoms with Gasteiger partial charge in [0.2, 0.25) is 5.79 Å².